The van der Waals surface area contributed by atoms with Crippen LogP contribution < -0.4 is 10.2 Å². The molecule has 0 spiro atoms. The van der Waals surface area contributed by atoms with Crippen molar-refractivity contribution in [2.75, 3.05) is 37.5 Å². The lowest BCUT2D eigenvalue weighted by atomic mass is 10.1. The Morgan fingerprint density at radius 3 is 2.71 bits per heavy atom. The molecule has 1 atom stereocenters. The highest BCUT2D eigenvalue weighted by Crippen LogP contribution is 2.38. The summed E-state index contributed by atoms with van der Waals surface area (Å²) in [6.07, 6.45) is 2.47. The van der Waals surface area contributed by atoms with Crippen molar-refractivity contribution in [3.63, 3.8) is 0 Å². The van der Waals surface area contributed by atoms with E-state index < -0.39 is 0 Å². The van der Waals surface area contributed by atoms with Gasteiger partial charge in [-0.1, -0.05) is 0 Å². The van der Waals surface area contributed by atoms with Crippen molar-refractivity contribution in [2.24, 2.45) is 5.92 Å². The van der Waals surface area contributed by atoms with Crippen molar-refractivity contribution >= 4 is 17.1 Å². The smallest absolute Gasteiger partial charge is 0.273 e. The third-order valence-electron chi connectivity index (χ3n) is 4.07. The zero-order valence-electron chi connectivity index (χ0n) is 12.8. The Bertz CT molecular complexity index is 503. The number of nitro benzene ring substituents is 1. The number of methoxy groups -OCH3 is 1. The minimum Gasteiger partial charge on any atom is -0.388 e. The summed E-state index contributed by atoms with van der Waals surface area (Å²) in [6, 6.07) is 5.53. The first-order valence-electron chi connectivity index (χ1n) is 7.29. The Morgan fingerprint density at radius 1 is 1.48 bits per heavy atom. The zero-order chi connectivity index (χ0) is 15.4. The van der Waals surface area contributed by atoms with Gasteiger partial charge in [0, 0.05) is 50.3 Å². The number of non-ortho nitro benzene ring substituents is 1. The van der Waals surface area contributed by atoms with Gasteiger partial charge in [-0.15, -0.1) is 0 Å². The molecule has 1 saturated carbocycles. The maximum atomic E-state index is 11.1. The molecule has 0 saturated heterocycles. The van der Waals surface area contributed by atoms with Crippen LogP contribution in [0.1, 0.15) is 19.8 Å². The quantitative estimate of drug-likeness (QED) is 0.589. The minimum atomic E-state index is -0.347. The maximum absolute atomic E-state index is 11.1. The number of nitrogens with zero attached hydrogens (tertiary/aromatic N) is 2. The molecule has 0 amide bonds. The van der Waals surface area contributed by atoms with Gasteiger partial charge in [0.15, 0.2) is 0 Å². The largest absolute Gasteiger partial charge is 0.388 e. The lowest BCUT2D eigenvalue weighted by Gasteiger charge is -2.31. The number of rotatable bonds is 8. The molecule has 1 aromatic carbocycles. The molecule has 1 fully saturated rings. The van der Waals surface area contributed by atoms with Crippen molar-refractivity contribution in [2.45, 2.75) is 25.8 Å². The number of nitro groups is 1. The second-order valence-electron chi connectivity index (χ2n) is 5.51. The van der Waals surface area contributed by atoms with E-state index in [9.17, 15) is 10.1 Å². The highest BCUT2D eigenvalue weighted by Gasteiger charge is 2.32. The number of nitrogens with one attached hydrogen (secondary N) is 1. The average Bonchev–Trinajstić information content (AvgIpc) is 3.31. The predicted octanol–water partition coefficient (Wildman–Crippen LogP) is 2.89. The Kier molecular flexibility index (Phi) is 5.01. The number of hydrogen-bond donors (Lipinski definition) is 1. The first kappa shape index (κ1) is 15.6. The highest BCUT2D eigenvalue weighted by molar-refractivity contribution is 5.64. The number of hydrogen-bond acceptors (Lipinski definition) is 5. The highest BCUT2D eigenvalue weighted by atomic mass is 16.6. The van der Waals surface area contributed by atoms with Crippen LogP contribution in [0.5, 0.6) is 0 Å². The molecule has 21 heavy (non-hydrogen) atoms. The SMILES string of the molecule is CNc1cc(N(CCOC)C(C)C2CC2)cc([N+](=O)[O-])c1. The fourth-order valence-corrected chi connectivity index (χ4v) is 2.60. The van der Waals surface area contributed by atoms with Gasteiger partial charge in [0.25, 0.3) is 5.69 Å². The molecular formula is C15H23N3O3. The van der Waals surface area contributed by atoms with Gasteiger partial charge < -0.3 is 15.0 Å². The molecular weight excluding hydrogens is 270 g/mol. The molecule has 0 radical (unpaired) electrons. The summed E-state index contributed by atoms with van der Waals surface area (Å²) in [5, 5.41) is 14.1. The first-order chi connectivity index (χ1) is 10.1. The van der Waals surface area contributed by atoms with Gasteiger partial charge in [-0.05, 0) is 31.7 Å². The van der Waals surface area contributed by atoms with Crippen LogP contribution in [-0.2, 0) is 4.74 Å². The van der Waals surface area contributed by atoms with E-state index in [4.69, 9.17) is 4.74 Å². The molecule has 0 heterocycles. The average molecular weight is 293 g/mol. The molecule has 1 aliphatic rings. The molecule has 6 heteroatoms. The fourth-order valence-electron chi connectivity index (χ4n) is 2.60. The minimum absolute atomic E-state index is 0.113. The molecule has 6 nitrogen and oxygen atoms in total. The van der Waals surface area contributed by atoms with E-state index in [1.807, 2.05) is 6.07 Å². The van der Waals surface area contributed by atoms with Crippen molar-refractivity contribution in [1.29, 1.82) is 0 Å². The van der Waals surface area contributed by atoms with Gasteiger partial charge in [-0.2, -0.15) is 0 Å². The summed E-state index contributed by atoms with van der Waals surface area (Å²) in [5.41, 5.74) is 1.75. The van der Waals surface area contributed by atoms with Gasteiger partial charge in [-0.25, -0.2) is 0 Å². The second kappa shape index (κ2) is 6.76. The lowest BCUT2D eigenvalue weighted by Crippen LogP contribution is -2.37. The second-order valence-corrected chi connectivity index (χ2v) is 5.51. The molecule has 1 aromatic rings. The summed E-state index contributed by atoms with van der Waals surface area (Å²) >= 11 is 0. The Hall–Kier alpha value is -1.82. The van der Waals surface area contributed by atoms with E-state index in [2.05, 4.69) is 17.1 Å². The van der Waals surface area contributed by atoms with E-state index in [1.165, 1.54) is 12.8 Å². The van der Waals surface area contributed by atoms with E-state index in [0.717, 1.165) is 17.9 Å². The topological polar surface area (TPSA) is 67.6 Å². The van der Waals surface area contributed by atoms with Crippen LogP contribution in [0.15, 0.2) is 18.2 Å². The molecule has 116 valence electrons. The zero-order valence-corrected chi connectivity index (χ0v) is 12.8. The van der Waals surface area contributed by atoms with Crippen molar-refractivity contribution in [3.05, 3.63) is 28.3 Å². The van der Waals surface area contributed by atoms with Gasteiger partial charge in [0.2, 0.25) is 0 Å². The van der Waals surface area contributed by atoms with Crippen LogP contribution in [0.4, 0.5) is 17.1 Å². The van der Waals surface area contributed by atoms with Gasteiger partial charge in [0.05, 0.1) is 11.5 Å². The number of anilines is 2. The van der Waals surface area contributed by atoms with Crippen LogP contribution in [-0.4, -0.2) is 38.3 Å². The van der Waals surface area contributed by atoms with Crippen LogP contribution in [0.3, 0.4) is 0 Å². The summed E-state index contributed by atoms with van der Waals surface area (Å²) < 4.78 is 5.19. The lowest BCUT2D eigenvalue weighted by molar-refractivity contribution is -0.384. The molecule has 2 rings (SSSR count). The van der Waals surface area contributed by atoms with E-state index in [1.54, 1.807) is 26.3 Å². The molecule has 0 bridgehead atoms. The number of ether oxygens (including phenoxy) is 1. The standard InChI is InChI=1S/C15H23N3O3/c1-11(12-4-5-12)17(6-7-21-3)14-8-13(16-2)9-15(10-14)18(19)20/h8-12,16H,4-7H2,1-3H3. The van der Waals surface area contributed by atoms with E-state index >= 15 is 0 Å². The monoisotopic (exact) mass is 293 g/mol. The van der Waals surface area contributed by atoms with Crippen LogP contribution in [0, 0.1) is 16.0 Å². The summed E-state index contributed by atoms with van der Waals surface area (Å²) in [7, 11) is 3.44. The summed E-state index contributed by atoms with van der Waals surface area (Å²) in [6.45, 7) is 3.53. The molecule has 1 unspecified atom stereocenters. The van der Waals surface area contributed by atoms with Crippen molar-refractivity contribution in [3.8, 4) is 0 Å². The van der Waals surface area contributed by atoms with Crippen LogP contribution in [0.2, 0.25) is 0 Å². The molecule has 1 aliphatic carbocycles. The molecule has 1 N–H and O–H groups in total. The van der Waals surface area contributed by atoms with Gasteiger partial charge in [-0.3, -0.25) is 10.1 Å². The summed E-state index contributed by atoms with van der Waals surface area (Å²) in [5.74, 6) is 0.680. The first-order valence-corrected chi connectivity index (χ1v) is 7.29. The fraction of sp³-hybridized carbons (Fsp3) is 0.600. The van der Waals surface area contributed by atoms with Gasteiger partial charge in [0.1, 0.15) is 0 Å². The van der Waals surface area contributed by atoms with E-state index in [-0.39, 0.29) is 10.6 Å². The Balaban J connectivity index is 2.32. The maximum Gasteiger partial charge on any atom is 0.273 e. The van der Waals surface area contributed by atoms with Crippen LogP contribution in [0.25, 0.3) is 0 Å². The predicted molar refractivity (Wildman–Crippen MR) is 84.1 cm³/mol. The Labute approximate surface area is 125 Å². The van der Waals surface area contributed by atoms with E-state index in [0.29, 0.717) is 18.6 Å². The van der Waals surface area contributed by atoms with Crippen molar-refractivity contribution in [1.82, 2.24) is 0 Å². The Morgan fingerprint density at radius 2 is 2.19 bits per heavy atom. The number of benzene rings is 1. The third-order valence-corrected chi connectivity index (χ3v) is 4.07. The normalized spacial score (nSPS) is 15.6. The van der Waals surface area contributed by atoms with Crippen molar-refractivity contribution < 1.29 is 9.66 Å². The molecule has 0 aromatic heterocycles. The third kappa shape index (κ3) is 3.85. The molecule has 0 aliphatic heterocycles. The van der Waals surface area contributed by atoms with Gasteiger partial charge >= 0.3 is 0 Å². The summed E-state index contributed by atoms with van der Waals surface area (Å²) in [4.78, 5) is 13.0. The van der Waals surface area contributed by atoms with Crippen LogP contribution >= 0.6 is 0 Å².